The van der Waals surface area contributed by atoms with Crippen LogP contribution >= 0.6 is 11.3 Å². The third-order valence-electron chi connectivity index (χ3n) is 9.50. The molecule has 2 aromatic heterocycles. The van der Waals surface area contributed by atoms with E-state index in [1.165, 1.54) is 17.0 Å². The van der Waals surface area contributed by atoms with Crippen LogP contribution in [0.25, 0.3) is 0 Å². The maximum atomic E-state index is 15.3. The van der Waals surface area contributed by atoms with Gasteiger partial charge in [0.2, 0.25) is 5.60 Å². The first-order chi connectivity index (χ1) is 24.9. The summed E-state index contributed by atoms with van der Waals surface area (Å²) in [4.78, 5) is 47.3. The Labute approximate surface area is 302 Å². The van der Waals surface area contributed by atoms with Crippen LogP contribution in [0.2, 0.25) is 0 Å². The number of likely N-dealkylation sites (tertiary alicyclic amines) is 1. The predicted molar refractivity (Wildman–Crippen MR) is 174 cm³/mol. The summed E-state index contributed by atoms with van der Waals surface area (Å²) in [6.45, 7) is 0.878. The van der Waals surface area contributed by atoms with E-state index in [0.29, 0.717) is 41.0 Å². The van der Waals surface area contributed by atoms with Crippen molar-refractivity contribution in [2.24, 2.45) is 0 Å². The van der Waals surface area contributed by atoms with Crippen LogP contribution in [0.15, 0.2) is 48.0 Å². The number of aromatic nitrogens is 1. The zero-order chi connectivity index (χ0) is 38.9. The Bertz CT molecular complexity index is 1820. The van der Waals surface area contributed by atoms with Crippen LogP contribution in [0.3, 0.4) is 0 Å². The van der Waals surface area contributed by atoms with Crippen LogP contribution in [0.1, 0.15) is 71.1 Å². The molecule has 0 saturated carbocycles. The third kappa shape index (κ3) is 8.41. The molecule has 0 N–H and O–H groups in total. The van der Waals surface area contributed by atoms with E-state index in [1.54, 1.807) is 6.92 Å². The quantitative estimate of drug-likeness (QED) is 0.198. The van der Waals surface area contributed by atoms with Crippen LogP contribution in [0.4, 0.5) is 39.5 Å². The van der Waals surface area contributed by atoms with Gasteiger partial charge in [0.25, 0.3) is 17.7 Å². The fraction of sp³-hybridized carbons (Fsp3) is 0.486. The van der Waals surface area contributed by atoms with E-state index in [-0.39, 0.29) is 55.9 Å². The number of alkyl halides is 8. The van der Waals surface area contributed by atoms with Crippen LogP contribution < -0.4 is 4.74 Å². The summed E-state index contributed by atoms with van der Waals surface area (Å²) in [6.07, 6.45) is -11.8. The number of fused-ring (bicyclic) bond motifs is 1. The summed E-state index contributed by atoms with van der Waals surface area (Å²) in [5.41, 5.74) is -3.64. The molecule has 0 bridgehead atoms. The average molecular weight is 779 g/mol. The Balaban J connectivity index is 1.67. The summed E-state index contributed by atoms with van der Waals surface area (Å²) in [7, 11) is 1.09. The van der Waals surface area contributed by atoms with Gasteiger partial charge in [0.1, 0.15) is 22.1 Å². The second kappa shape index (κ2) is 15.6. The van der Waals surface area contributed by atoms with Gasteiger partial charge in [0, 0.05) is 50.7 Å². The Morgan fingerprint density at radius 3 is 2.43 bits per heavy atom. The van der Waals surface area contributed by atoms with Gasteiger partial charge in [0.05, 0.1) is 17.6 Å². The van der Waals surface area contributed by atoms with E-state index in [1.807, 2.05) is 0 Å². The summed E-state index contributed by atoms with van der Waals surface area (Å²) in [5.74, 6) is -4.64. The highest BCUT2D eigenvalue weighted by molar-refractivity contribution is 7.10. The van der Waals surface area contributed by atoms with Crippen molar-refractivity contribution in [3.05, 3.63) is 81.1 Å². The van der Waals surface area contributed by atoms with E-state index in [4.69, 9.17) is 4.74 Å². The SMILES string of the molecule is CCCC[C@H]1N(C(=O)c2ncccc2C(F)(F)F)CCC[C@@]1(Oc1csc(C(F)(F)F)c1)C(=O)N1Cc2ccc(F)cc2CC1CN(C)C(=O)C(F)F. The zero-order valence-corrected chi connectivity index (χ0v) is 29.3. The number of hydrogen-bond acceptors (Lipinski definition) is 6. The summed E-state index contributed by atoms with van der Waals surface area (Å²) < 4.78 is 131. The zero-order valence-electron chi connectivity index (χ0n) is 28.4. The van der Waals surface area contributed by atoms with Gasteiger partial charge in [-0.1, -0.05) is 25.8 Å². The predicted octanol–water partition coefficient (Wildman–Crippen LogP) is 7.61. The van der Waals surface area contributed by atoms with Crippen molar-refractivity contribution in [2.45, 2.75) is 88.5 Å². The number of amides is 3. The second-order valence-corrected chi connectivity index (χ2v) is 13.9. The molecule has 18 heteroatoms. The molecule has 0 spiro atoms. The highest BCUT2D eigenvalue weighted by atomic mass is 32.1. The average Bonchev–Trinajstić information content (AvgIpc) is 3.58. The van der Waals surface area contributed by atoms with E-state index in [9.17, 15) is 49.1 Å². The lowest BCUT2D eigenvalue weighted by molar-refractivity contribution is -0.164. The molecule has 1 unspecified atom stereocenters. The number of carbonyl (C=O) groups is 3. The number of carbonyl (C=O) groups excluding carboxylic acids is 3. The fourth-order valence-corrected chi connectivity index (χ4v) is 7.71. The number of thiophene rings is 1. The van der Waals surface area contributed by atoms with Gasteiger partial charge in [-0.3, -0.25) is 19.4 Å². The van der Waals surface area contributed by atoms with Crippen LogP contribution in [-0.4, -0.2) is 81.7 Å². The molecule has 288 valence electrons. The molecule has 0 radical (unpaired) electrons. The van der Waals surface area contributed by atoms with Crippen LogP contribution in [0, 0.1) is 5.82 Å². The van der Waals surface area contributed by atoms with Gasteiger partial charge in [0.15, 0.2) is 0 Å². The smallest absolute Gasteiger partial charge is 0.425 e. The molecular formula is C35H35F9N4O4S. The van der Waals surface area contributed by atoms with Crippen molar-refractivity contribution < 1.29 is 58.6 Å². The molecule has 5 rings (SSSR count). The second-order valence-electron chi connectivity index (χ2n) is 13.0. The molecule has 1 saturated heterocycles. The highest BCUT2D eigenvalue weighted by Crippen LogP contribution is 2.43. The van der Waals surface area contributed by atoms with Crippen molar-refractivity contribution >= 4 is 29.1 Å². The van der Waals surface area contributed by atoms with Gasteiger partial charge in [-0.05, 0) is 54.7 Å². The molecule has 1 fully saturated rings. The van der Waals surface area contributed by atoms with Crippen molar-refractivity contribution in [3.8, 4) is 5.75 Å². The largest absolute Gasteiger partial charge is 0.474 e. The minimum absolute atomic E-state index is 0.0392. The van der Waals surface area contributed by atoms with Crippen molar-refractivity contribution in [1.29, 1.82) is 0 Å². The lowest BCUT2D eigenvalue weighted by Crippen LogP contribution is -2.69. The molecule has 4 heterocycles. The normalized spacial score (nSPS) is 20.7. The number of unbranched alkanes of at least 4 members (excludes halogenated alkanes) is 1. The number of rotatable bonds is 10. The lowest BCUT2D eigenvalue weighted by Gasteiger charge is -2.51. The van der Waals surface area contributed by atoms with Crippen molar-refractivity contribution in [1.82, 2.24) is 19.7 Å². The summed E-state index contributed by atoms with van der Waals surface area (Å²) in [6, 6.07) is 3.66. The molecule has 0 aliphatic carbocycles. The standard InChI is InChI=1S/C35H35F9N4O4S/c1-3-4-8-26-33(52-24-16-27(53-19-24)35(42,43)44,11-6-13-47(26)30(49)28-25(34(39,40)41)7-5-12-45-28)32(51)48-17-20-9-10-22(36)14-21(20)15-23(48)18-46(2)31(50)29(37)38/h5,7,9-10,12,14,16,19,23,26,29H,3-4,6,8,11,13,15,17-18H2,1-2H3/t23?,26-,33+/m1/s1. The minimum atomic E-state index is -4.99. The molecule has 1 aromatic carbocycles. The maximum Gasteiger partial charge on any atom is 0.425 e. The molecule has 2 aliphatic rings. The van der Waals surface area contributed by atoms with Crippen molar-refractivity contribution in [3.63, 3.8) is 0 Å². The molecule has 3 aromatic rings. The lowest BCUT2D eigenvalue weighted by atomic mass is 9.78. The van der Waals surface area contributed by atoms with E-state index < -0.39 is 82.7 Å². The topological polar surface area (TPSA) is 83.1 Å². The number of likely N-dealkylation sites (N-methyl/N-ethyl adjacent to an activating group) is 1. The molecular weight excluding hydrogens is 743 g/mol. The number of piperidine rings is 1. The van der Waals surface area contributed by atoms with Crippen LogP contribution in [-0.2, 0) is 34.9 Å². The highest BCUT2D eigenvalue weighted by Gasteiger charge is 2.57. The van der Waals surface area contributed by atoms with Gasteiger partial charge in [-0.25, -0.2) is 4.39 Å². The first-order valence-corrected chi connectivity index (χ1v) is 17.5. The maximum absolute atomic E-state index is 15.3. The molecule has 53 heavy (non-hydrogen) atoms. The first kappa shape index (κ1) is 39.8. The first-order valence-electron chi connectivity index (χ1n) is 16.7. The van der Waals surface area contributed by atoms with Gasteiger partial charge in [-0.2, -0.15) is 35.1 Å². The number of ether oxygens (including phenoxy) is 1. The molecule has 3 atom stereocenters. The Hall–Kier alpha value is -4.35. The number of hydrogen-bond donors (Lipinski definition) is 0. The number of benzene rings is 1. The van der Waals surface area contributed by atoms with E-state index in [0.717, 1.165) is 35.7 Å². The Morgan fingerprint density at radius 2 is 1.79 bits per heavy atom. The number of pyridine rings is 1. The molecule has 8 nitrogen and oxygen atoms in total. The Morgan fingerprint density at radius 1 is 1.06 bits per heavy atom. The van der Waals surface area contributed by atoms with E-state index >= 15 is 4.79 Å². The minimum Gasteiger partial charge on any atom is -0.474 e. The number of halogens is 9. The molecule has 2 aliphatic heterocycles. The summed E-state index contributed by atoms with van der Waals surface area (Å²) >= 11 is 0.285. The third-order valence-corrected chi connectivity index (χ3v) is 10.5. The van der Waals surface area contributed by atoms with Crippen LogP contribution in [0.5, 0.6) is 5.75 Å². The van der Waals surface area contributed by atoms with Gasteiger partial charge in [-0.15, -0.1) is 11.3 Å². The van der Waals surface area contributed by atoms with E-state index in [2.05, 4.69) is 4.98 Å². The summed E-state index contributed by atoms with van der Waals surface area (Å²) in [5, 5.41) is 1.02. The van der Waals surface area contributed by atoms with Crippen molar-refractivity contribution in [2.75, 3.05) is 20.1 Å². The Kier molecular flexibility index (Phi) is 11.7. The number of nitrogens with zero attached hydrogens (tertiary/aromatic N) is 4. The monoisotopic (exact) mass is 778 g/mol. The fourth-order valence-electron chi connectivity index (χ4n) is 7.03. The molecule has 3 amide bonds. The van der Waals surface area contributed by atoms with Gasteiger partial charge < -0.3 is 19.4 Å². The van der Waals surface area contributed by atoms with Gasteiger partial charge >= 0.3 is 18.8 Å².